The number of sulfone groups is 1. The Morgan fingerprint density at radius 2 is 1.95 bits per heavy atom. The van der Waals surface area contributed by atoms with E-state index in [0.29, 0.717) is 24.3 Å². The Bertz CT molecular complexity index is 1580. The molecule has 1 aliphatic heterocycles. The third-order valence-corrected chi connectivity index (χ3v) is 7.67. The molecule has 4 aromatic rings. The lowest BCUT2D eigenvalue weighted by Gasteiger charge is -2.25. The maximum atomic E-state index is 14.0. The number of hydrogen-bond acceptors (Lipinski definition) is 7. The lowest BCUT2D eigenvalue weighted by Crippen LogP contribution is -2.20. The zero-order valence-electron chi connectivity index (χ0n) is 20.4. The maximum absolute atomic E-state index is 14.0. The van der Waals surface area contributed by atoms with Crippen LogP contribution < -0.4 is 5.32 Å². The highest BCUT2D eigenvalue weighted by molar-refractivity contribution is 7.90. The molecule has 0 amide bonds. The molecule has 9 nitrogen and oxygen atoms in total. The molecule has 4 heterocycles. The van der Waals surface area contributed by atoms with Gasteiger partial charge in [-0.2, -0.15) is 5.10 Å². The minimum atomic E-state index is -3.70. The average molecular weight is 551 g/mol. The van der Waals surface area contributed by atoms with E-state index in [1.165, 1.54) is 16.7 Å². The van der Waals surface area contributed by atoms with Crippen LogP contribution in [0.15, 0.2) is 35.2 Å². The number of nitrogens with zero attached hydrogens (tertiary/aromatic N) is 5. The normalized spacial score (nSPS) is 16.6. The molecule has 1 aliphatic rings. The molecule has 1 atom stereocenters. The van der Waals surface area contributed by atoms with E-state index in [9.17, 15) is 17.2 Å². The summed E-state index contributed by atoms with van der Waals surface area (Å²) in [4.78, 5) is 8.47. The quantitative estimate of drug-likeness (QED) is 0.313. The minimum Gasteiger partial charge on any atom is -0.358 e. The van der Waals surface area contributed by atoms with Crippen molar-refractivity contribution in [1.29, 1.82) is 0 Å². The summed E-state index contributed by atoms with van der Waals surface area (Å²) in [7, 11) is -1.89. The Hall–Kier alpha value is -3.09. The van der Waals surface area contributed by atoms with Gasteiger partial charge < -0.3 is 10.1 Å². The van der Waals surface area contributed by atoms with Crippen molar-refractivity contribution < 1.29 is 21.9 Å². The van der Waals surface area contributed by atoms with Crippen LogP contribution in [0.4, 0.5) is 20.2 Å². The number of pyridine rings is 1. The average Bonchev–Trinajstić information content (AvgIpc) is 3.39. The Morgan fingerprint density at radius 1 is 1.16 bits per heavy atom. The van der Waals surface area contributed by atoms with E-state index in [1.54, 1.807) is 23.9 Å². The molecule has 13 heteroatoms. The molecule has 1 fully saturated rings. The molecule has 1 N–H and O–H groups in total. The third-order valence-electron chi connectivity index (χ3n) is 6.34. The second kappa shape index (κ2) is 9.66. The molecule has 3 aromatic heterocycles. The largest absolute Gasteiger partial charge is 0.358 e. The van der Waals surface area contributed by atoms with Crippen molar-refractivity contribution in [2.24, 2.45) is 7.05 Å². The Labute approximate surface area is 217 Å². The number of hydrogen-bond donors (Lipinski definition) is 1. The fourth-order valence-corrected chi connectivity index (χ4v) is 5.50. The molecule has 0 spiro atoms. The Morgan fingerprint density at radius 3 is 2.57 bits per heavy atom. The number of anilines is 2. The first-order valence-corrected chi connectivity index (χ1v) is 13.9. The summed E-state index contributed by atoms with van der Waals surface area (Å²) in [6.07, 6.45) is -0.224. The summed E-state index contributed by atoms with van der Waals surface area (Å²) in [5, 5.41) is 7.51. The van der Waals surface area contributed by atoms with E-state index < -0.39 is 28.3 Å². The van der Waals surface area contributed by atoms with Crippen molar-refractivity contribution in [2.45, 2.75) is 43.7 Å². The van der Waals surface area contributed by atoms with Gasteiger partial charge in [-0.1, -0.05) is 17.7 Å². The van der Waals surface area contributed by atoms with Crippen molar-refractivity contribution >= 4 is 44.0 Å². The van der Waals surface area contributed by atoms with Crippen molar-refractivity contribution in [1.82, 2.24) is 24.3 Å². The zero-order valence-corrected chi connectivity index (χ0v) is 21.9. The van der Waals surface area contributed by atoms with Gasteiger partial charge in [0.2, 0.25) is 0 Å². The number of imidazole rings is 1. The number of nitrogens with one attached hydrogen (secondary N) is 1. The number of alkyl halides is 2. The molecule has 1 unspecified atom stereocenters. The van der Waals surface area contributed by atoms with Crippen LogP contribution in [0.5, 0.6) is 0 Å². The molecule has 37 heavy (non-hydrogen) atoms. The fourth-order valence-electron chi connectivity index (χ4n) is 4.45. The number of aryl methyl sites for hydroxylation is 2. The van der Waals surface area contributed by atoms with Gasteiger partial charge in [0, 0.05) is 37.2 Å². The van der Waals surface area contributed by atoms with Gasteiger partial charge >= 0.3 is 0 Å². The van der Waals surface area contributed by atoms with Gasteiger partial charge in [0.1, 0.15) is 16.9 Å². The van der Waals surface area contributed by atoms with Crippen LogP contribution >= 0.6 is 11.6 Å². The highest BCUT2D eigenvalue weighted by atomic mass is 35.5. The first kappa shape index (κ1) is 25.6. The van der Waals surface area contributed by atoms with Gasteiger partial charge in [0.25, 0.3) is 6.43 Å². The molecule has 0 aliphatic carbocycles. The van der Waals surface area contributed by atoms with E-state index in [4.69, 9.17) is 16.3 Å². The summed E-state index contributed by atoms with van der Waals surface area (Å²) in [5.74, 6) is -0.482. The standard InChI is InChI=1S/C24H25ClF2N6O3S/c1-13-10-16(31-32(13)2)14-7-8-15(18(11-14)37(3,34)35)28-17-12-19(25)29-23-21(17)30-24(22(26)27)33(23)20-6-4-5-9-36-20/h7-8,10-12,20,22H,4-6,9H2,1-3H3,(H,28,29). The number of benzene rings is 1. The number of halogens is 3. The summed E-state index contributed by atoms with van der Waals surface area (Å²) >= 11 is 6.29. The number of rotatable bonds is 6. The maximum Gasteiger partial charge on any atom is 0.295 e. The Balaban J connectivity index is 1.63. The predicted molar refractivity (Wildman–Crippen MR) is 136 cm³/mol. The van der Waals surface area contributed by atoms with Crippen LogP contribution in [-0.4, -0.2) is 45.6 Å². The number of fused-ring (bicyclic) bond motifs is 1. The van der Waals surface area contributed by atoms with Crippen molar-refractivity contribution in [3.63, 3.8) is 0 Å². The van der Waals surface area contributed by atoms with Gasteiger partial charge in [-0.15, -0.1) is 0 Å². The summed E-state index contributed by atoms with van der Waals surface area (Å²) in [6.45, 7) is 2.34. The second-order valence-electron chi connectivity index (χ2n) is 9.03. The van der Waals surface area contributed by atoms with Crippen LogP contribution in [0, 0.1) is 6.92 Å². The van der Waals surface area contributed by atoms with Gasteiger partial charge in [-0.05, 0) is 44.4 Å². The van der Waals surface area contributed by atoms with Crippen LogP contribution in [-0.2, 0) is 21.6 Å². The predicted octanol–water partition coefficient (Wildman–Crippen LogP) is 5.58. The summed E-state index contributed by atoms with van der Waals surface area (Å²) < 4.78 is 62.3. The lowest BCUT2D eigenvalue weighted by molar-refractivity contribution is -0.0363. The monoisotopic (exact) mass is 550 g/mol. The highest BCUT2D eigenvalue weighted by Gasteiger charge is 2.29. The van der Waals surface area contributed by atoms with Crippen molar-refractivity contribution in [2.75, 3.05) is 18.2 Å². The zero-order chi connectivity index (χ0) is 26.5. The van der Waals surface area contributed by atoms with Crippen LogP contribution in [0.3, 0.4) is 0 Å². The first-order chi connectivity index (χ1) is 17.5. The molecular formula is C24H25ClF2N6O3S. The molecule has 0 saturated carbocycles. The van der Waals surface area contributed by atoms with Gasteiger partial charge in [0.15, 0.2) is 21.3 Å². The van der Waals surface area contributed by atoms with Crippen molar-refractivity contribution in [3.8, 4) is 11.3 Å². The van der Waals surface area contributed by atoms with Crippen LogP contribution in [0.1, 0.15) is 43.4 Å². The third kappa shape index (κ3) is 4.92. The smallest absolute Gasteiger partial charge is 0.295 e. The SMILES string of the molecule is Cc1cc(-c2ccc(Nc3cc(Cl)nc4c3nc(C(F)F)n4C3CCCCO3)c(S(C)(=O)=O)c2)nn1C. The van der Waals surface area contributed by atoms with E-state index in [1.807, 2.05) is 13.0 Å². The van der Waals surface area contributed by atoms with Gasteiger partial charge in [0.05, 0.1) is 22.0 Å². The molecule has 0 bridgehead atoms. The topological polar surface area (TPSA) is 104 Å². The number of ether oxygens (including phenoxy) is 1. The van der Waals surface area contributed by atoms with Crippen molar-refractivity contribution in [3.05, 3.63) is 47.0 Å². The molecule has 0 radical (unpaired) electrons. The number of aromatic nitrogens is 5. The minimum absolute atomic E-state index is 0.0125. The van der Waals surface area contributed by atoms with Gasteiger partial charge in [-0.3, -0.25) is 9.25 Å². The van der Waals surface area contributed by atoms with E-state index in [0.717, 1.165) is 24.8 Å². The second-order valence-corrected chi connectivity index (χ2v) is 11.4. The fraction of sp³-hybridized carbons (Fsp3) is 0.375. The molecular weight excluding hydrogens is 526 g/mol. The molecule has 1 aromatic carbocycles. The van der Waals surface area contributed by atoms with E-state index >= 15 is 0 Å². The van der Waals surface area contributed by atoms with E-state index in [2.05, 4.69) is 20.4 Å². The highest BCUT2D eigenvalue weighted by Crippen LogP contribution is 2.37. The summed E-state index contributed by atoms with van der Waals surface area (Å²) in [5.41, 5.74) is 2.92. The van der Waals surface area contributed by atoms with Gasteiger partial charge in [-0.25, -0.2) is 27.2 Å². The first-order valence-electron chi connectivity index (χ1n) is 11.6. The Kier molecular flexibility index (Phi) is 6.67. The van der Waals surface area contributed by atoms with Crippen LogP contribution in [0.2, 0.25) is 5.15 Å². The van der Waals surface area contributed by atoms with Crippen LogP contribution in [0.25, 0.3) is 22.4 Å². The molecule has 5 rings (SSSR count). The molecule has 1 saturated heterocycles. The molecule has 196 valence electrons. The summed E-state index contributed by atoms with van der Waals surface area (Å²) in [6, 6.07) is 8.15. The van der Waals surface area contributed by atoms with E-state index in [-0.39, 0.29) is 32.6 Å². The lowest BCUT2D eigenvalue weighted by atomic mass is 10.1.